The fourth-order valence-electron chi connectivity index (χ4n) is 5.82. The third-order valence-corrected chi connectivity index (χ3v) is 8.24. The predicted molar refractivity (Wildman–Crippen MR) is 163 cm³/mol. The van der Waals surface area contributed by atoms with Gasteiger partial charge in [-0.3, -0.25) is 19.7 Å². The highest BCUT2D eigenvalue weighted by atomic mass is 16.7. The van der Waals surface area contributed by atoms with Gasteiger partial charge in [0.15, 0.2) is 6.29 Å². The van der Waals surface area contributed by atoms with Crippen molar-refractivity contribution in [2.45, 2.75) is 69.9 Å². The zero-order valence-corrected chi connectivity index (χ0v) is 24.7. The smallest absolute Gasteiger partial charge is 0.243 e. The molecule has 5 N–H and O–H groups in total. The van der Waals surface area contributed by atoms with Gasteiger partial charge >= 0.3 is 0 Å². The SMILES string of the molecule is O=C(CCCC(=O)NCc1ccccc1-c1ccc(C2OC(CN3CCC(O)C3)CC(c3ccc(CO)cc3)O2)cc1)NO. The number of likely N-dealkylation sites (tertiary alicyclic amines) is 1. The Morgan fingerprint density at radius 3 is 2.34 bits per heavy atom. The maximum absolute atomic E-state index is 12.3. The molecule has 2 aliphatic heterocycles. The average molecular weight is 604 g/mol. The molecule has 0 spiro atoms. The molecular weight excluding hydrogens is 562 g/mol. The fraction of sp³-hybridized carbons (Fsp3) is 0.412. The second kappa shape index (κ2) is 15.4. The highest BCUT2D eigenvalue weighted by Crippen LogP contribution is 2.39. The maximum Gasteiger partial charge on any atom is 0.243 e. The van der Waals surface area contributed by atoms with E-state index >= 15 is 0 Å². The third kappa shape index (κ3) is 8.50. The van der Waals surface area contributed by atoms with Crippen LogP contribution in [0.5, 0.6) is 0 Å². The van der Waals surface area contributed by atoms with E-state index in [1.807, 2.05) is 72.8 Å². The van der Waals surface area contributed by atoms with Gasteiger partial charge < -0.3 is 25.0 Å². The van der Waals surface area contributed by atoms with Crippen molar-refractivity contribution in [3.8, 4) is 11.1 Å². The number of amides is 2. The van der Waals surface area contributed by atoms with Crippen LogP contribution in [-0.2, 0) is 32.2 Å². The number of aliphatic hydroxyl groups is 2. The molecule has 2 aliphatic rings. The molecule has 2 amide bonds. The molecule has 3 aromatic carbocycles. The third-order valence-electron chi connectivity index (χ3n) is 8.24. The van der Waals surface area contributed by atoms with Crippen molar-refractivity contribution < 1.29 is 34.5 Å². The molecule has 4 atom stereocenters. The molecule has 0 aliphatic carbocycles. The normalized spacial score (nSPS) is 22.1. The van der Waals surface area contributed by atoms with Gasteiger partial charge in [0.2, 0.25) is 11.8 Å². The van der Waals surface area contributed by atoms with Gasteiger partial charge in [-0.15, -0.1) is 0 Å². The Kier molecular flexibility index (Phi) is 11.1. The summed E-state index contributed by atoms with van der Waals surface area (Å²) in [4.78, 5) is 25.7. The van der Waals surface area contributed by atoms with Crippen LogP contribution in [0.25, 0.3) is 11.1 Å². The van der Waals surface area contributed by atoms with Crippen LogP contribution >= 0.6 is 0 Å². The van der Waals surface area contributed by atoms with E-state index in [4.69, 9.17) is 14.7 Å². The molecule has 234 valence electrons. The lowest BCUT2D eigenvalue weighted by molar-refractivity contribution is -0.252. The summed E-state index contributed by atoms with van der Waals surface area (Å²) in [5.41, 5.74) is 7.31. The van der Waals surface area contributed by atoms with E-state index in [1.54, 1.807) is 5.48 Å². The number of aliphatic hydroxyl groups excluding tert-OH is 2. The lowest BCUT2D eigenvalue weighted by Gasteiger charge is -2.38. The van der Waals surface area contributed by atoms with E-state index in [1.165, 1.54) is 0 Å². The van der Waals surface area contributed by atoms with Crippen molar-refractivity contribution in [2.75, 3.05) is 19.6 Å². The first-order valence-electron chi connectivity index (χ1n) is 15.2. The van der Waals surface area contributed by atoms with Crippen LogP contribution in [-0.4, -0.2) is 64.0 Å². The molecule has 2 saturated heterocycles. The second-order valence-corrected chi connectivity index (χ2v) is 11.5. The van der Waals surface area contributed by atoms with Crippen molar-refractivity contribution in [2.24, 2.45) is 0 Å². The molecule has 0 aromatic heterocycles. The lowest BCUT2D eigenvalue weighted by atomic mass is 9.97. The Hall–Kier alpha value is -3.64. The molecule has 4 unspecified atom stereocenters. The van der Waals surface area contributed by atoms with Crippen molar-refractivity contribution in [1.82, 2.24) is 15.7 Å². The molecule has 3 aromatic rings. The van der Waals surface area contributed by atoms with Gasteiger partial charge in [0, 0.05) is 51.0 Å². The Bertz CT molecular complexity index is 1380. The number of hydrogen-bond donors (Lipinski definition) is 5. The Labute approximate surface area is 257 Å². The maximum atomic E-state index is 12.3. The molecule has 2 fully saturated rings. The summed E-state index contributed by atoms with van der Waals surface area (Å²) in [6, 6.07) is 23.8. The lowest BCUT2D eigenvalue weighted by Crippen LogP contribution is -2.38. The zero-order chi connectivity index (χ0) is 30.9. The van der Waals surface area contributed by atoms with E-state index in [9.17, 15) is 19.8 Å². The number of rotatable bonds is 12. The van der Waals surface area contributed by atoms with E-state index in [0.717, 1.165) is 46.3 Å². The number of β-amino-alcohol motifs (C(OH)–C–C–N with tert-alkyl or cyclic N) is 1. The molecular formula is C34H41N3O7. The first kappa shape index (κ1) is 31.8. The summed E-state index contributed by atoms with van der Waals surface area (Å²) in [7, 11) is 0. The van der Waals surface area contributed by atoms with Gasteiger partial charge in [-0.25, -0.2) is 5.48 Å². The number of carbonyl (C=O) groups is 2. The van der Waals surface area contributed by atoms with E-state index in [-0.39, 0.29) is 43.7 Å². The van der Waals surface area contributed by atoms with E-state index in [0.29, 0.717) is 32.5 Å². The molecule has 44 heavy (non-hydrogen) atoms. The van der Waals surface area contributed by atoms with Gasteiger partial charge in [-0.05, 0) is 40.7 Å². The summed E-state index contributed by atoms with van der Waals surface area (Å²) in [6.07, 6.45) is 0.962. The summed E-state index contributed by atoms with van der Waals surface area (Å²) >= 11 is 0. The number of carbonyl (C=O) groups excluding carboxylic acids is 2. The van der Waals surface area contributed by atoms with Crippen LogP contribution in [0.1, 0.15) is 66.8 Å². The number of hydrogen-bond acceptors (Lipinski definition) is 8. The molecule has 10 nitrogen and oxygen atoms in total. The van der Waals surface area contributed by atoms with Crippen LogP contribution in [0.15, 0.2) is 72.8 Å². The highest BCUT2D eigenvalue weighted by Gasteiger charge is 2.34. The minimum Gasteiger partial charge on any atom is -0.392 e. The summed E-state index contributed by atoms with van der Waals surface area (Å²) in [6.45, 7) is 2.55. The summed E-state index contributed by atoms with van der Waals surface area (Å²) in [5, 5.41) is 31.0. The summed E-state index contributed by atoms with van der Waals surface area (Å²) < 4.78 is 13.0. The number of benzene rings is 3. The molecule has 2 heterocycles. The van der Waals surface area contributed by atoms with Crippen molar-refractivity contribution in [1.29, 1.82) is 0 Å². The first-order chi connectivity index (χ1) is 21.4. The van der Waals surface area contributed by atoms with Crippen LogP contribution in [0.3, 0.4) is 0 Å². The number of nitrogens with one attached hydrogen (secondary N) is 2. The fourth-order valence-corrected chi connectivity index (χ4v) is 5.82. The second-order valence-electron chi connectivity index (χ2n) is 11.5. The van der Waals surface area contributed by atoms with Crippen molar-refractivity contribution in [3.05, 3.63) is 95.1 Å². The minimum atomic E-state index is -0.569. The quantitative estimate of drug-likeness (QED) is 0.156. The van der Waals surface area contributed by atoms with Crippen LogP contribution in [0.2, 0.25) is 0 Å². The molecule has 5 rings (SSSR count). The number of nitrogens with zero attached hydrogens (tertiary/aromatic N) is 1. The molecule has 10 heteroatoms. The average Bonchev–Trinajstić information content (AvgIpc) is 3.47. The van der Waals surface area contributed by atoms with Crippen molar-refractivity contribution in [3.63, 3.8) is 0 Å². The largest absolute Gasteiger partial charge is 0.392 e. The van der Waals surface area contributed by atoms with Crippen LogP contribution < -0.4 is 10.8 Å². The zero-order valence-electron chi connectivity index (χ0n) is 24.7. The van der Waals surface area contributed by atoms with Gasteiger partial charge in [0.05, 0.1) is 24.9 Å². The van der Waals surface area contributed by atoms with Crippen LogP contribution in [0, 0.1) is 0 Å². The Morgan fingerprint density at radius 2 is 1.64 bits per heavy atom. The van der Waals surface area contributed by atoms with Gasteiger partial charge in [-0.1, -0.05) is 72.8 Å². The topological polar surface area (TPSA) is 141 Å². The first-order valence-corrected chi connectivity index (χ1v) is 15.2. The molecule has 0 saturated carbocycles. The Morgan fingerprint density at radius 1 is 0.909 bits per heavy atom. The van der Waals surface area contributed by atoms with E-state index < -0.39 is 12.2 Å². The van der Waals surface area contributed by atoms with Crippen molar-refractivity contribution >= 4 is 11.8 Å². The van der Waals surface area contributed by atoms with Gasteiger partial charge in [0.1, 0.15) is 0 Å². The number of hydroxylamine groups is 1. The molecule has 0 bridgehead atoms. The summed E-state index contributed by atoms with van der Waals surface area (Å²) in [5.74, 6) is -0.671. The monoisotopic (exact) mass is 603 g/mol. The molecule has 0 radical (unpaired) electrons. The van der Waals surface area contributed by atoms with Crippen LogP contribution in [0.4, 0.5) is 0 Å². The standard InChI is InChI=1S/C34H41N3O7/c38-22-23-8-10-25(11-9-23)31-18-29(21-37-17-16-28(39)20-37)43-34(44-31)26-14-12-24(13-15-26)30-5-2-1-4-27(30)19-35-32(40)6-3-7-33(41)36-42/h1-2,4-5,8-15,28-29,31,34,38-39,42H,3,6-7,16-22H2,(H,35,40)(H,36,41). The van der Waals surface area contributed by atoms with Gasteiger partial charge in [-0.2, -0.15) is 0 Å². The number of ether oxygens (including phenoxy) is 2. The predicted octanol–water partition coefficient (Wildman–Crippen LogP) is 3.75. The van der Waals surface area contributed by atoms with E-state index in [2.05, 4.69) is 10.2 Å². The van der Waals surface area contributed by atoms with Gasteiger partial charge in [0.25, 0.3) is 0 Å². The minimum absolute atomic E-state index is 0.00912. The highest BCUT2D eigenvalue weighted by molar-refractivity contribution is 5.78. The Balaban J connectivity index is 1.27.